The first-order chi connectivity index (χ1) is 17.2. The molecule has 4 aromatic rings. The molecule has 1 aromatic heterocycles. The van der Waals surface area contributed by atoms with Gasteiger partial charge < -0.3 is 20.9 Å². The van der Waals surface area contributed by atoms with Crippen LogP contribution in [-0.4, -0.2) is 21.9 Å². The lowest BCUT2D eigenvalue weighted by Gasteiger charge is -2.13. The van der Waals surface area contributed by atoms with E-state index in [1.165, 1.54) is 12.1 Å². The van der Waals surface area contributed by atoms with Crippen molar-refractivity contribution in [3.8, 4) is 22.5 Å². The molecule has 3 amide bonds. The number of hydrogen-bond acceptors (Lipinski definition) is 3. The Kier molecular flexibility index (Phi) is 5.67. The molecular weight excluding hydrogens is 478 g/mol. The highest BCUT2D eigenvalue weighted by molar-refractivity contribution is 6.06. The Morgan fingerprint density at radius 1 is 0.917 bits per heavy atom. The Balaban J connectivity index is 1.42. The van der Waals surface area contributed by atoms with Crippen molar-refractivity contribution in [3.05, 3.63) is 88.8 Å². The van der Waals surface area contributed by atoms with Crippen LogP contribution in [0.25, 0.3) is 22.5 Å². The molecule has 1 aliphatic rings. The Morgan fingerprint density at radius 2 is 1.61 bits per heavy atom. The zero-order valence-corrected chi connectivity index (χ0v) is 18.6. The summed E-state index contributed by atoms with van der Waals surface area (Å²) in [5.41, 5.74) is 2.25. The van der Waals surface area contributed by atoms with Crippen molar-refractivity contribution in [2.45, 2.75) is 13.5 Å². The summed E-state index contributed by atoms with van der Waals surface area (Å²) in [7, 11) is 0. The summed E-state index contributed by atoms with van der Waals surface area (Å²) >= 11 is 0. The summed E-state index contributed by atoms with van der Waals surface area (Å²) in [6.45, 7) is 2.04. The third kappa shape index (κ3) is 4.15. The van der Waals surface area contributed by atoms with Gasteiger partial charge in [-0.05, 0) is 42.3 Å². The van der Waals surface area contributed by atoms with Gasteiger partial charge in [-0.2, -0.15) is 0 Å². The van der Waals surface area contributed by atoms with Crippen LogP contribution in [0.15, 0.2) is 48.7 Å². The first kappa shape index (κ1) is 23.1. The first-order valence-electron chi connectivity index (χ1n) is 10.7. The lowest BCUT2D eigenvalue weighted by molar-refractivity contribution is 0.0966. The number of rotatable bonds is 4. The minimum absolute atomic E-state index is 0.00482. The molecule has 4 N–H and O–H groups in total. The number of fused-ring (bicyclic) bond motifs is 1. The smallest absolute Gasteiger partial charge is 0.323 e. The number of nitrogens with one attached hydrogen (secondary N) is 4. The third-order valence-electron chi connectivity index (χ3n) is 5.69. The number of urea groups is 1. The Bertz CT molecular complexity index is 1530. The van der Waals surface area contributed by atoms with E-state index in [0.717, 1.165) is 11.8 Å². The lowest BCUT2D eigenvalue weighted by atomic mass is 9.92. The third-order valence-corrected chi connectivity index (χ3v) is 5.69. The van der Waals surface area contributed by atoms with Crippen molar-refractivity contribution in [1.82, 2.24) is 15.3 Å². The van der Waals surface area contributed by atoms with Crippen LogP contribution < -0.4 is 16.0 Å². The van der Waals surface area contributed by atoms with Gasteiger partial charge in [0.1, 0.15) is 23.1 Å². The number of halogens is 4. The number of H-pyrrole nitrogens is 1. The van der Waals surface area contributed by atoms with Crippen molar-refractivity contribution < 1.29 is 27.2 Å². The Morgan fingerprint density at radius 3 is 2.28 bits per heavy atom. The van der Waals surface area contributed by atoms with E-state index in [-0.39, 0.29) is 23.7 Å². The van der Waals surface area contributed by atoms with E-state index in [4.69, 9.17) is 0 Å². The van der Waals surface area contributed by atoms with Gasteiger partial charge in [0.15, 0.2) is 11.6 Å². The number of nitrogens with zero attached hydrogens (tertiary/aromatic N) is 1. The number of carbonyl (C=O) groups excluding carboxylic acids is 2. The van der Waals surface area contributed by atoms with Crippen molar-refractivity contribution in [2.24, 2.45) is 0 Å². The van der Waals surface area contributed by atoms with Crippen molar-refractivity contribution in [3.63, 3.8) is 0 Å². The van der Waals surface area contributed by atoms with Crippen LogP contribution in [0.5, 0.6) is 0 Å². The number of anilines is 2. The Labute approximate surface area is 201 Å². The molecule has 0 bridgehead atoms. The second-order valence-corrected chi connectivity index (χ2v) is 8.13. The van der Waals surface area contributed by atoms with Gasteiger partial charge in [0, 0.05) is 47.4 Å². The molecule has 0 saturated carbocycles. The molecule has 0 unspecified atom stereocenters. The average Bonchev–Trinajstić information content (AvgIpc) is 3.42. The van der Waals surface area contributed by atoms with Gasteiger partial charge >= 0.3 is 6.03 Å². The number of benzene rings is 3. The molecule has 1 aliphatic heterocycles. The summed E-state index contributed by atoms with van der Waals surface area (Å²) < 4.78 is 55.7. The van der Waals surface area contributed by atoms with Crippen molar-refractivity contribution in [1.29, 1.82) is 0 Å². The number of aryl methyl sites for hydroxylation is 1. The van der Waals surface area contributed by atoms with Gasteiger partial charge in [-0.1, -0.05) is 6.07 Å². The highest BCUT2D eigenvalue weighted by Gasteiger charge is 2.28. The fourth-order valence-electron chi connectivity index (χ4n) is 4.10. The summed E-state index contributed by atoms with van der Waals surface area (Å²) in [6.07, 6.45) is 1.64. The van der Waals surface area contributed by atoms with Crippen LogP contribution in [0.3, 0.4) is 0 Å². The van der Waals surface area contributed by atoms with E-state index in [2.05, 4.69) is 20.6 Å². The standard InChI is InChI=1S/C25H17F4N5O2/c1-11-9-30-23(32-11)16-5-4-14(17-10-31-24(35)21(16)17)15-3-2-13(8-18(15)27)33-25(36)34-22-19(28)6-12(26)7-20(22)29/h2-9H,10H2,1H3,(H,30,32)(H,31,35)(H2,33,34,36). The molecule has 0 aliphatic carbocycles. The molecule has 0 saturated heterocycles. The van der Waals surface area contributed by atoms with Crippen LogP contribution >= 0.6 is 0 Å². The molecule has 2 heterocycles. The van der Waals surface area contributed by atoms with E-state index in [1.807, 2.05) is 12.2 Å². The highest BCUT2D eigenvalue weighted by atomic mass is 19.1. The van der Waals surface area contributed by atoms with E-state index < -0.39 is 35.0 Å². The van der Waals surface area contributed by atoms with Gasteiger partial charge in [0.05, 0.1) is 5.56 Å². The molecule has 0 radical (unpaired) electrons. The first-order valence-corrected chi connectivity index (χ1v) is 10.7. The Hall–Kier alpha value is -4.67. The number of amides is 3. The number of hydrogen-bond donors (Lipinski definition) is 4. The maximum Gasteiger partial charge on any atom is 0.323 e. The summed E-state index contributed by atoms with van der Waals surface area (Å²) in [5.74, 6) is -4.21. The van der Waals surface area contributed by atoms with Crippen LogP contribution in [0.1, 0.15) is 21.6 Å². The molecular formula is C25H17F4N5O2. The minimum atomic E-state index is -1.30. The predicted molar refractivity (Wildman–Crippen MR) is 124 cm³/mol. The van der Waals surface area contributed by atoms with Crippen LogP contribution in [0.4, 0.5) is 33.7 Å². The zero-order valence-electron chi connectivity index (χ0n) is 18.6. The average molecular weight is 495 g/mol. The fourth-order valence-corrected chi connectivity index (χ4v) is 4.10. The second kappa shape index (κ2) is 8.84. The van der Waals surface area contributed by atoms with E-state index in [1.54, 1.807) is 18.3 Å². The molecule has 182 valence electrons. The van der Waals surface area contributed by atoms with Crippen LogP contribution in [0.2, 0.25) is 0 Å². The summed E-state index contributed by atoms with van der Waals surface area (Å²) in [4.78, 5) is 32.1. The molecule has 0 spiro atoms. The monoisotopic (exact) mass is 495 g/mol. The molecule has 5 rings (SSSR count). The topological polar surface area (TPSA) is 98.9 Å². The highest BCUT2D eigenvalue weighted by Crippen LogP contribution is 2.37. The van der Waals surface area contributed by atoms with Crippen molar-refractivity contribution in [2.75, 3.05) is 10.6 Å². The molecule has 0 atom stereocenters. The van der Waals surface area contributed by atoms with Crippen molar-refractivity contribution >= 4 is 23.3 Å². The van der Waals surface area contributed by atoms with Gasteiger partial charge in [0.25, 0.3) is 5.91 Å². The molecule has 11 heteroatoms. The maximum absolute atomic E-state index is 15.1. The minimum Gasteiger partial charge on any atom is -0.348 e. The molecule has 3 aromatic carbocycles. The normalized spacial score (nSPS) is 12.3. The summed E-state index contributed by atoms with van der Waals surface area (Å²) in [6, 6.07) is 7.00. The molecule has 7 nitrogen and oxygen atoms in total. The number of carbonyl (C=O) groups is 2. The molecule has 0 fully saturated rings. The van der Waals surface area contributed by atoms with Gasteiger partial charge in [-0.15, -0.1) is 0 Å². The number of imidazole rings is 1. The van der Waals surface area contributed by atoms with E-state index >= 15 is 4.39 Å². The van der Waals surface area contributed by atoms with E-state index in [9.17, 15) is 22.8 Å². The SMILES string of the molecule is Cc1cnc(-c2ccc(-c3ccc(NC(=O)Nc4c(F)cc(F)cc4F)cc3F)c3c2C(=O)NC3)[nH]1. The predicted octanol–water partition coefficient (Wildman–Crippen LogP) is 5.50. The van der Waals surface area contributed by atoms with Crippen LogP contribution in [0, 0.1) is 30.2 Å². The maximum atomic E-state index is 15.1. The largest absolute Gasteiger partial charge is 0.348 e. The zero-order chi connectivity index (χ0) is 25.6. The van der Waals surface area contributed by atoms with Gasteiger partial charge in [-0.25, -0.2) is 27.3 Å². The summed E-state index contributed by atoms with van der Waals surface area (Å²) in [5, 5.41) is 6.97. The lowest BCUT2D eigenvalue weighted by Crippen LogP contribution is -2.21. The van der Waals surface area contributed by atoms with Crippen LogP contribution in [-0.2, 0) is 6.54 Å². The number of aromatic amines is 1. The molecule has 36 heavy (non-hydrogen) atoms. The fraction of sp³-hybridized carbons (Fsp3) is 0.0800. The van der Waals surface area contributed by atoms with Gasteiger partial charge in [-0.3, -0.25) is 4.79 Å². The second-order valence-electron chi connectivity index (χ2n) is 8.13. The van der Waals surface area contributed by atoms with E-state index in [0.29, 0.717) is 40.2 Å². The quantitative estimate of drug-likeness (QED) is 0.282. The number of aromatic nitrogens is 2. The van der Waals surface area contributed by atoms with Gasteiger partial charge in [0.2, 0.25) is 0 Å².